The van der Waals surface area contributed by atoms with Crippen molar-refractivity contribution in [1.29, 1.82) is 5.26 Å². The lowest BCUT2D eigenvalue weighted by atomic mass is 9.98. The average molecular weight is 333 g/mol. The summed E-state index contributed by atoms with van der Waals surface area (Å²) >= 11 is 0. The van der Waals surface area contributed by atoms with Crippen LogP contribution >= 0.6 is 0 Å². The van der Waals surface area contributed by atoms with Crippen LogP contribution in [0.4, 0.5) is 0 Å². The standard InChI is InChI=1S/C21H23N3O/c22-15-20(18-9-5-2-6-10-18)21(25)23-19-11-13-24(14-12-19)16-17-7-3-1-4-8-17/h1-10,19-20H,11-14,16H2,(H,23,25). The Morgan fingerprint density at radius 3 is 2.28 bits per heavy atom. The van der Waals surface area contributed by atoms with Gasteiger partial charge in [-0.1, -0.05) is 60.7 Å². The predicted octanol–water partition coefficient (Wildman–Crippen LogP) is 3.07. The van der Waals surface area contributed by atoms with Crippen LogP contribution in [0.5, 0.6) is 0 Å². The van der Waals surface area contributed by atoms with Gasteiger partial charge in [0.15, 0.2) is 0 Å². The summed E-state index contributed by atoms with van der Waals surface area (Å²) in [5.41, 5.74) is 2.07. The van der Waals surface area contributed by atoms with Gasteiger partial charge in [0, 0.05) is 25.7 Å². The van der Waals surface area contributed by atoms with Crippen molar-refractivity contribution >= 4 is 5.91 Å². The fourth-order valence-electron chi connectivity index (χ4n) is 3.29. The molecule has 0 bridgehead atoms. The summed E-state index contributed by atoms with van der Waals surface area (Å²) in [7, 11) is 0. The van der Waals surface area contributed by atoms with Crippen LogP contribution in [-0.4, -0.2) is 29.9 Å². The fraction of sp³-hybridized carbons (Fsp3) is 0.333. The minimum Gasteiger partial charge on any atom is -0.352 e. The maximum Gasteiger partial charge on any atom is 0.242 e. The molecule has 1 N–H and O–H groups in total. The van der Waals surface area contributed by atoms with Crippen LogP contribution in [0, 0.1) is 11.3 Å². The third kappa shape index (κ3) is 4.68. The molecule has 4 heteroatoms. The van der Waals surface area contributed by atoms with Crippen molar-refractivity contribution in [3.63, 3.8) is 0 Å². The maximum absolute atomic E-state index is 12.5. The number of nitriles is 1. The van der Waals surface area contributed by atoms with Crippen LogP contribution in [-0.2, 0) is 11.3 Å². The van der Waals surface area contributed by atoms with Crippen LogP contribution in [0.15, 0.2) is 60.7 Å². The molecule has 1 amide bonds. The Bertz CT molecular complexity index is 716. The summed E-state index contributed by atoms with van der Waals surface area (Å²) in [6, 6.07) is 22.0. The first-order valence-corrected chi connectivity index (χ1v) is 8.77. The number of rotatable bonds is 5. The number of carbonyl (C=O) groups excluding carboxylic acids is 1. The van der Waals surface area contributed by atoms with Gasteiger partial charge in [-0.15, -0.1) is 0 Å². The van der Waals surface area contributed by atoms with E-state index in [9.17, 15) is 10.1 Å². The van der Waals surface area contributed by atoms with E-state index in [-0.39, 0.29) is 11.9 Å². The minimum absolute atomic E-state index is 0.152. The number of hydrogen-bond acceptors (Lipinski definition) is 3. The van der Waals surface area contributed by atoms with E-state index >= 15 is 0 Å². The normalized spacial score (nSPS) is 16.8. The summed E-state index contributed by atoms with van der Waals surface area (Å²) in [4.78, 5) is 14.9. The lowest BCUT2D eigenvalue weighted by molar-refractivity contribution is -0.122. The summed E-state index contributed by atoms with van der Waals surface area (Å²) in [5.74, 6) is -0.918. The molecule has 2 aromatic carbocycles. The molecule has 0 spiro atoms. The van der Waals surface area contributed by atoms with Crippen molar-refractivity contribution in [2.24, 2.45) is 0 Å². The highest BCUT2D eigenvalue weighted by atomic mass is 16.1. The summed E-state index contributed by atoms with van der Waals surface area (Å²) in [6.45, 7) is 2.87. The minimum atomic E-state index is -0.733. The molecule has 1 aliphatic heterocycles. The van der Waals surface area contributed by atoms with Gasteiger partial charge in [-0.3, -0.25) is 9.69 Å². The number of benzene rings is 2. The number of nitrogens with one attached hydrogen (secondary N) is 1. The van der Waals surface area contributed by atoms with E-state index in [1.807, 2.05) is 36.4 Å². The van der Waals surface area contributed by atoms with Crippen molar-refractivity contribution in [2.45, 2.75) is 31.3 Å². The van der Waals surface area contributed by atoms with E-state index in [4.69, 9.17) is 0 Å². The molecule has 1 heterocycles. The van der Waals surface area contributed by atoms with Crippen molar-refractivity contribution in [1.82, 2.24) is 10.2 Å². The highest BCUT2D eigenvalue weighted by Crippen LogP contribution is 2.18. The molecule has 1 aliphatic rings. The van der Waals surface area contributed by atoms with Gasteiger partial charge in [-0.2, -0.15) is 5.26 Å². The Hall–Kier alpha value is -2.64. The van der Waals surface area contributed by atoms with Crippen LogP contribution in [0.3, 0.4) is 0 Å². The lowest BCUT2D eigenvalue weighted by Gasteiger charge is -2.32. The zero-order valence-corrected chi connectivity index (χ0v) is 14.3. The summed E-state index contributed by atoms with van der Waals surface area (Å²) < 4.78 is 0. The van der Waals surface area contributed by atoms with E-state index < -0.39 is 5.92 Å². The van der Waals surface area contributed by atoms with Crippen molar-refractivity contribution < 1.29 is 4.79 Å². The second-order valence-corrected chi connectivity index (χ2v) is 6.52. The van der Waals surface area contributed by atoms with Gasteiger partial charge in [0.05, 0.1) is 6.07 Å². The monoisotopic (exact) mass is 333 g/mol. The van der Waals surface area contributed by atoms with E-state index in [1.165, 1.54) is 5.56 Å². The number of nitrogens with zero attached hydrogens (tertiary/aromatic N) is 2. The number of amides is 1. The number of hydrogen-bond donors (Lipinski definition) is 1. The number of likely N-dealkylation sites (tertiary alicyclic amines) is 1. The number of carbonyl (C=O) groups is 1. The number of piperidine rings is 1. The third-order valence-electron chi connectivity index (χ3n) is 4.71. The van der Waals surface area contributed by atoms with E-state index in [0.717, 1.165) is 38.0 Å². The smallest absolute Gasteiger partial charge is 0.242 e. The predicted molar refractivity (Wildman–Crippen MR) is 97.7 cm³/mol. The zero-order valence-electron chi connectivity index (χ0n) is 14.3. The molecule has 2 aromatic rings. The Balaban J connectivity index is 1.50. The molecule has 25 heavy (non-hydrogen) atoms. The van der Waals surface area contributed by atoms with Crippen molar-refractivity contribution in [3.8, 4) is 6.07 Å². The topological polar surface area (TPSA) is 56.1 Å². The SMILES string of the molecule is N#CC(C(=O)NC1CCN(Cc2ccccc2)CC1)c1ccccc1. The molecule has 3 rings (SSSR count). The van der Waals surface area contributed by atoms with E-state index in [0.29, 0.717) is 0 Å². The zero-order chi connectivity index (χ0) is 17.5. The van der Waals surface area contributed by atoms with Crippen LogP contribution in [0.2, 0.25) is 0 Å². The van der Waals surface area contributed by atoms with Gasteiger partial charge in [0.1, 0.15) is 5.92 Å². The van der Waals surface area contributed by atoms with Gasteiger partial charge in [-0.25, -0.2) is 0 Å². The van der Waals surface area contributed by atoms with Crippen molar-refractivity contribution in [2.75, 3.05) is 13.1 Å². The van der Waals surface area contributed by atoms with Gasteiger partial charge >= 0.3 is 0 Å². The van der Waals surface area contributed by atoms with Gasteiger partial charge < -0.3 is 5.32 Å². The van der Waals surface area contributed by atoms with E-state index in [2.05, 4.69) is 40.6 Å². The second-order valence-electron chi connectivity index (χ2n) is 6.52. The average Bonchev–Trinajstić information content (AvgIpc) is 2.66. The Morgan fingerprint density at radius 1 is 1.08 bits per heavy atom. The molecule has 0 aromatic heterocycles. The molecule has 4 nitrogen and oxygen atoms in total. The van der Waals surface area contributed by atoms with Crippen LogP contribution in [0.1, 0.15) is 29.9 Å². The van der Waals surface area contributed by atoms with Crippen LogP contribution < -0.4 is 5.32 Å². The molecule has 128 valence electrons. The van der Waals surface area contributed by atoms with Gasteiger partial charge in [0.2, 0.25) is 5.91 Å². The highest BCUT2D eigenvalue weighted by molar-refractivity contribution is 5.86. The summed E-state index contributed by atoms with van der Waals surface area (Å²) in [6.07, 6.45) is 1.84. The first-order valence-electron chi connectivity index (χ1n) is 8.77. The molecule has 0 saturated carbocycles. The lowest BCUT2D eigenvalue weighted by Crippen LogP contribution is -2.45. The first kappa shape index (κ1) is 17.2. The largest absolute Gasteiger partial charge is 0.352 e. The highest BCUT2D eigenvalue weighted by Gasteiger charge is 2.25. The summed E-state index contributed by atoms with van der Waals surface area (Å²) in [5, 5.41) is 12.4. The fourth-order valence-corrected chi connectivity index (χ4v) is 3.29. The molecule has 0 aliphatic carbocycles. The quantitative estimate of drug-likeness (QED) is 0.915. The molecule has 1 saturated heterocycles. The molecule has 1 unspecified atom stereocenters. The Labute approximate surface area is 149 Å². The van der Waals surface area contributed by atoms with Crippen LogP contribution in [0.25, 0.3) is 0 Å². The van der Waals surface area contributed by atoms with Crippen molar-refractivity contribution in [3.05, 3.63) is 71.8 Å². The second kappa shape index (κ2) is 8.46. The van der Waals surface area contributed by atoms with Gasteiger partial charge in [-0.05, 0) is 24.0 Å². The van der Waals surface area contributed by atoms with E-state index in [1.54, 1.807) is 0 Å². The maximum atomic E-state index is 12.5. The molecule has 1 atom stereocenters. The van der Waals surface area contributed by atoms with Gasteiger partial charge in [0.25, 0.3) is 0 Å². The third-order valence-corrected chi connectivity index (χ3v) is 4.71. The molecular weight excluding hydrogens is 310 g/mol. The first-order chi connectivity index (χ1) is 12.3. The Morgan fingerprint density at radius 2 is 1.68 bits per heavy atom. The Kier molecular flexibility index (Phi) is 5.81. The molecular formula is C21H23N3O. The molecule has 1 fully saturated rings. The molecule has 0 radical (unpaired) electrons.